The third-order valence-corrected chi connectivity index (χ3v) is 2.64. The smallest absolute Gasteiger partial charge is 0.0994 e. The Morgan fingerprint density at radius 2 is 2.17 bits per heavy atom. The molecule has 0 saturated heterocycles. The Morgan fingerprint density at radius 3 is 2.75 bits per heavy atom. The van der Waals surface area contributed by atoms with Gasteiger partial charge < -0.3 is 0 Å². The third kappa shape index (κ3) is 1.37. The van der Waals surface area contributed by atoms with Crippen LogP contribution < -0.4 is 0 Å². The first-order valence-corrected chi connectivity index (χ1v) is 4.80. The van der Waals surface area contributed by atoms with Crippen LogP contribution in [0.4, 0.5) is 0 Å². The molecule has 0 radical (unpaired) electrons. The van der Waals surface area contributed by atoms with Crippen molar-refractivity contribution >= 4 is 15.9 Å². The Labute approximate surface area is 80.1 Å². The van der Waals surface area contributed by atoms with Crippen molar-refractivity contribution in [2.75, 3.05) is 0 Å². The number of rotatable bonds is 1. The summed E-state index contributed by atoms with van der Waals surface area (Å²) in [6, 6.07) is 8.10. The fourth-order valence-electron chi connectivity index (χ4n) is 1.37. The van der Waals surface area contributed by atoms with E-state index in [1.165, 1.54) is 18.4 Å². The average Bonchev–Trinajstić information content (AvgIpc) is 2.87. The highest BCUT2D eigenvalue weighted by atomic mass is 79.9. The van der Waals surface area contributed by atoms with Crippen LogP contribution in [-0.2, 0) is 0 Å². The molecule has 0 bridgehead atoms. The summed E-state index contributed by atoms with van der Waals surface area (Å²) in [7, 11) is 0. The molecule has 1 aromatic rings. The molecular weight excluding hydrogens is 214 g/mol. The zero-order chi connectivity index (χ0) is 8.55. The summed E-state index contributed by atoms with van der Waals surface area (Å²) in [5, 5.41) is 8.82. The lowest BCUT2D eigenvalue weighted by atomic mass is 10.0. The maximum atomic E-state index is 8.82. The van der Waals surface area contributed by atoms with Crippen molar-refractivity contribution in [3.8, 4) is 6.07 Å². The van der Waals surface area contributed by atoms with Crippen LogP contribution in [-0.4, -0.2) is 0 Å². The topological polar surface area (TPSA) is 23.8 Å². The molecule has 1 aromatic carbocycles. The largest absolute Gasteiger partial charge is 0.192 e. The molecule has 1 nitrogen and oxygen atoms in total. The predicted molar refractivity (Wildman–Crippen MR) is 50.8 cm³/mol. The summed E-state index contributed by atoms with van der Waals surface area (Å²) in [5.74, 6) is 0.650. The fraction of sp³-hybridized carbons (Fsp3) is 0.300. The number of hydrogen-bond donors (Lipinski definition) is 0. The number of halogens is 1. The van der Waals surface area contributed by atoms with E-state index in [1.807, 2.05) is 12.1 Å². The molecule has 0 amide bonds. The zero-order valence-electron chi connectivity index (χ0n) is 6.55. The summed E-state index contributed by atoms with van der Waals surface area (Å²) in [4.78, 5) is 0. The van der Waals surface area contributed by atoms with Gasteiger partial charge in [-0.15, -0.1) is 0 Å². The zero-order valence-corrected chi connectivity index (χ0v) is 8.13. The van der Waals surface area contributed by atoms with Crippen molar-refractivity contribution in [1.29, 1.82) is 5.26 Å². The van der Waals surface area contributed by atoms with Crippen molar-refractivity contribution in [1.82, 2.24) is 0 Å². The highest BCUT2D eigenvalue weighted by Gasteiger charge is 2.25. The maximum absolute atomic E-state index is 8.82. The molecule has 0 N–H and O–H groups in total. The van der Waals surface area contributed by atoms with E-state index in [4.69, 9.17) is 5.26 Å². The van der Waals surface area contributed by atoms with Crippen molar-refractivity contribution in [3.05, 3.63) is 33.8 Å². The van der Waals surface area contributed by atoms with Crippen LogP contribution in [0.15, 0.2) is 22.7 Å². The van der Waals surface area contributed by atoms with Crippen molar-refractivity contribution in [3.63, 3.8) is 0 Å². The summed E-state index contributed by atoms with van der Waals surface area (Å²) in [5.41, 5.74) is 2.05. The van der Waals surface area contributed by atoms with Crippen LogP contribution >= 0.6 is 15.9 Å². The summed E-state index contributed by atoms with van der Waals surface area (Å²) in [6.45, 7) is 0. The quantitative estimate of drug-likeness (QED) is 0.715. The molecule has 0 atom stereocenters. The van der Waals surface area contributed by atoms with Crippen molar-refractivity contribution in [2.24, 2.45) is 0 Å². The van der Waals surface area contributed by atoms with Gasteiger partial charge in [0.1, 0.15) is 0 Å². The first kappa shape index (κ1) is 7.82. The van der Waals surface area contributed by atoms with Crippen LogP contribution in [0.5, 0.6) is 0 Å². The van der Waals surface area contributed by atoms with Gasteiger partial charge in [0.25, 0.3) is 0 Å². The van der Waals surface area contributed by atoms with Gasteiger partial charge >= 0.3 is 0 Å². The number of nitriles is 1. The molecular formula is C10H8BrN. The molecule has 0 heterocycles. The Bertz CT molecular complexity index is 347. The van der Waals surface area contributed by atoms with Gasteiger partial charge in [-0.05, 0) is 42.5 Å². The van der Waals surface area contributed by atoms with E-state index in [1.54, 1.807) is 0 Å². The highest BCUT2D eigenvalue weighted by molar-refractivity contribution is 9.10. The Hall–Kier alpha value is -0.810. The summed E-state index contributed by atoms with van der Waals surface area (Å²) >= 11 is 3.41. The fourth-order valence-corrected chi connectivity index (χ4v) is 1.75. The van der Waals surface area contributed by atoms with Gasteiger partial charge in [0.15, 0.2) is 0 Å². The lowest BCUT2D eigenvalue weighted by Crippen LogP contribution is -1.85. The second kappa shape index (κ2) is 2.91. The lowest BCUT2D eigenvalue weighted by molar-refractivity contribution is 1.11. The van der Waals surface area contributed by atoms with Gasteiger partial charge in [-0.3, -0.25) is 0 Å². The third-order valence-electron chi connectivity index (χ3n) is 2.15. The molecule has 0 aliphatic heterocycles. The molecule has 1 aliphatic carbocycles. The normalized spacial score (nSPS) is 15.7. The van der Waals surface area contributed by atoms with Gasteiger partial charge in [-0.1, -0.05) is 15.9 Å². The molecule has 1 saturated carbocycles. The minimum absolute atomic E-state index is 0.650. The second-order valence-electron chi connectivity index (χ2n) is 3.12. The summed E-state index contributed by atoms with van der Waals surface area (Å²) < 4.78 is 1.07. The van der Waals surface area contributed by atoms with E-state index in [0.717, 1.165) is 10.0 Å². The number of nitrogens with zero attached hydrogens (tertiary/aromatic N) is 1. The standard InChI is InChI=1S/C10H8BrN/c11-9-4-3-8(6-12)10(5-9)7-1-2-7/h3-5,7H,1-2H2. The molecule has 1 fully saturated rings. The van der Waals surface area contributed by atoms with Crippen molar-refractivity contribution < 1.29 is 0 Å². The monoisotopic (exact) mass is 221 g/mol. The van der Waals surface area contributed by atoms with Gasteiger partial charge in [-0.2, -0.15) is 5.26 Å². The molecule has 0 aromatic heterocycles. The first-order valence-electron chi connectivity index (χ1n) is 4.01. The molecule has 0 spiro atoms. The van der Waals surface area contributed by atoms with Gasteiger partial charge in [0, 0.05) is 4.47 Å². The minimum atomic E-state index is 0.650. The van der Waals surface area contributed by atoms with Gasteiger partial charge in [0.05, 0.1) is 11.6 Å². The maximum Gasteiger partial charge on any atom is 0.0994 e. The minimum Gasteiger partial charge on any atom is -0.192 e. The Morgan fingerprint density at radius 1 is 1.42 bits per heavy atom. The lowest BCUT2D eigenvalue weighted by Gasteiger charge is -2.01. The molecule has 12 heavy (non-hydrogen) atoms. The van der Waals surface area contributed by atoms with Crippen LogP contribution in [0.1, 0.15) is 29.9 Å². The average molecular weight is 222 g/mol. The van der Waals surface area contributed by atoms with Crippen LogP contribution in [0.3, 0.4) is 0 Å². The van der Waals surface area contributed by atoms with Crippen LogP contribution in [0.25, 0.3) is 0 Å². The first-order chi connectivity index (χ1) is 5.81. The number of benzene rings is 1. The molecule has 0 unspecified atom stereocenters. The van der Waals surface area contributed by atoms with E-state index in [0.29, 0.717) is 5.92 Å². The molecule has 2 heteroatoms. The summed E-state index contributed by atoms with van der Waals surface area (Å²) in [6.07, 6.45) is 2.48. The number of hydrogen-bond acceptors (Lipinski definition) is 1. The van der Waals surface area contributed by atoms with Gasteiger partial charge in [-0.25, -0.2) is 0 Å². The highest BCUT2D eigenvalue weighted by Crippen LogP contribution is 2.42. The van der Waals surface area contributed by atoms with E-state index in [-0.39, 0.29) is 0 Å². The SMILES string of the molecule is N#Cc1ccc(Br)cc1C1CC1. The van der Waals surface area contributed by atoms with E-state index < -0.39 is 0 Å². The molecule has 60 valence electrons. The Kier molecular flexibility index (Phi) is 1.90. The van der Waals surface area contributed by atoms with E-state index in [9.17, 15) is 0 Å². The molecule has 1 aliphatic rings. The predicted octanol–water partition coefficient (Wildman–Crippen LogP) is 3.20. The molecule has 2 rings (SSSR count). The second-order valence-corrected chi connectivity index (χ2v) is 4.03. The van der Waals surface area contributed by atoms with Crippen molar-refractivity contribution in [2.45, 2.75) is 18.8 Å². The van der Waals surface area contributed by atoms with E-state index >= 15 is 0 Å². The Balaban J connectivity index is 2.48. The van der Waals surface area contributed by atoms with E-state index in [2.05, 4.69) is 28.1 Å². The van der Waals surface area contributed by atoms with Crippen LogP contribution in [0.2, 0.25) is 0 Å². The van der Waals surface area contributed by atoms with Crippen LogP contribution in [0, 0.1) is 11.3 Å². The van der Waals surface area contributed by atoms with Gasteiger partial charge in [0.2, 0.25) is 0 Å².